The van der Waals surface area contributed by atoms with Crippen LogP contribution in [0.4, 0.5) is 23.7 Å². The first-order chi connectivity index (χ1) is 12.4. The molecule has 1 aliphatic heterocycles. The number of carbonyl (C=O) groups excluding carboxylic acids is 1. The Hall–Kier alpha value is -2.58. The Morgan fingerprint density at radius 2 is 1.96 bits per heavy atom. The number of hydrogen-bond donors (Lipinski definition) is 1. The van der Waals surface area contributed by atoms with Crippen LogP contribution < -0.4 is 5.32 Å². The van der Waals surface area contributed by atoms with Crippen LogP contribution in [0.15, 0.2) is 30.5 Å². The van der Waals surface area contributed by atoms with Crippen LogP contribution in [0.3, 0.4) is 0 Å². The summed E-state index contributed by atoms with van der Waals surface area (Å²) in [6.45, 7) is 0.858. The molecule has 2 fully saturated rings. The summed E-state index contributed by atoms with van der Waals surface area (Å²) in [5.74, 6) is 0.503. The molecule has 1 aromatic heterocycles. The van der Waals surface area contributed by atoms with E-state index in [1.807, 2.05) is 6.20 Å². The highest BCUT2D eigenvalue weighted by Gasteiger charge is 2.35. The number of halogens is 3. The fourth-order valence-electron chi connectivity index (χ4n) is 3.21. The molecule has 9 heteroatoms. The Morgan fingerprint density at radius 1 is 1.19 bits per heavy atom. The molecule has 1 aliphatic carbocycles. The van der Waals surface area contributed by atoms with Crippen LogP contribution in [0.2, 0.25) is 0 Å². The van der Waals surface area contributed by atoms with Crippen molar-refractivity contribution in [1.29, 1.82) is 0 Å². The van der Waals surface area contributed by atoms with Crippen molar-refractivity contribution in [2.75, 3.05) is 18.4 Å². The molecular formula is C17H18F3N5O. The molecule has 6 nitrogen and oxygen atoms in total. The molecule has 2 amide bonds. The average Bonchev–Trinajstić information content (AvgIpc) is 3.13. The maximum atomic E-state index is 13.0. The minimum atomic E-state index is -4.52. The van der Waals surface area contributed by atoms with Crippen molar-refractivity contribution >= 4 is 11.7 Å². The summed E-state index contributed by atoms with van der Waals surface area (Å²) < 4.78 is 40.9. The quantitative estimate of drug-likeness (QED) is 0.903. The third-order valence-corrected chi connectivity index (χ3v) is 4.82. The highest BCUT2D eigenvalue weighted by atomic mass is 19.4. The predicted octanol–water partition coefficient (Wildman–Crippen LogP) is 3.65. The van der Waals surface area contributed by atoms with E-state index in [1.165, 1.54) is 23.1 Å². The summed E-state index contributed by atoms with van der Waals surface area (Å²) in [7, 11) is 0. The van der Waals surface area contributed by atoms with E-state index in [-0.39, 0.29) is 11.7 Å². The SMILES string of the molecule is O=C(Nc1ccccc1C(F)(F)F)N1CCC(n2cc(C3CC3)nn2)C1. The molecule has 26 heavy (non-hydrogen) atoms. The van der Waals surface area contributed by atoms with Crippen LogP contribution in [0.1, 0.15) is 42.5 Å². The van der Waals surface area contributed by atoms with E-state index < -0.39 is 17.8 Å². The summed E-state index contributed by atoms with van der Waals surface area (Å²) in [6.07, 6.45) is 0.370. The lowest BCUT2D eigenvalue weighted by atomic mass is 10.1. The number of benzene rings is 1. The van der Waals surface area contributed by atoms with Crippen LogP contribution in [-0.4, -0.2) is 39.0 Å². The van der Waals surface area contributed by atoms with E-state index in [0.29, 0.717) is 25.4 Å². The standard InChI is InChI=1S/C17H18F3N5O/c18-17(19,20)13-3-1-2-4-14(13)21-16(26)24-8-7-12(9-24)25-10-15(22-23-25)11-5-6-11/h1-4,10-12H,5-9H2,(H,21,26). The molecule has 1 N–H and O–H groups in total. The molecule has 2 aliphatic rings. The van der Waals surface area contributed by atoms with Crippen molar-refractivity contribution < 1.29 is 18.0 Å². The van der Waals surface area contributed by atoms with Crippen molar-refractivity contribution in [3.63, 3.8) is 0 Å². The Kier molecular flexibility index (Phi) is 4.08. The number of carbonyl (C=O) groups is 1. The Bertz CT molecular complexity index is 815. The highest BCUT2D eigenvalue weighted by molar-refractivity contribution is 5.90. The Morgan fingerprint density at radius 3 is 2.69 bits per heavy atom. The molecule has 1 saturated carbocycles. The first-order valence-electron chi connectivity index (χ1n) is 8.55. The van der Waals surface area contributed by atoms with Crippen LogP contribution in [0, 0.1) is 0 Å². The van der Waals surface area contributed by atoms with E-state index in [1.54, 1.807) is 4.68 Å². The van der Waals surface area contributed by atoms with Gasteiger partial charge in [-0.05, 0) is 31.4 Å². The molecule has 0 spiro atoms. The minimum Gasteiger partial charge on any atom is -0.322 e. The normalized spacial score (nSPS) is 20.4. The van der Waals surface area contributed by atoms with Gasteiger partial charge in [0, 0.05) is 25.2 Å². The van der Waals surface area contributed by atoms with Gasteiger partial charge in [0.15, 0.2) is 0 Å². The number of nitrogens with one attached hydrogen (secondary N) is 1. The number of amides is 2. The number of nitrogens with zero attached hydrogens (tertiary/aromatic N) is 4. The molecule has 1 aromatic carbocycles. The molecule has 0 bridgehead atoms. The summed E-state index contributed by atoms with van der Waals surface area (Å²) in [5, 5.41) is 10.7. The topological polar surface area (TPSA) is 63.1 Å². The van der Waals surface area contributed by atoms with Gasteiger partial charge in [0.2, 0.25) is 0 Å². The van der Waals surface area contributed by atoms with Gasteiger partial charge >= 0.3 is 12.2 Å². The number of aromatic nitrogens is 3. The fourth-order valence-corrected chi connectivity index (χ4v) is 3.21. The number of rotatable bonds is 3. The van der Waals surface area contributed by atoms with E-state index >= 15 is 0 Å². The number of urea groups is 1. The smallest absolute Gasteiger partial charge is 0.322 e. The summed E-state index contributed by atoms with van der Waals surface area (Å²) in [6, 6.07) is 4.44. The van der Waals surface area contributed by atoms with Crippen molar-refractivity contribution in [2.45, 2.75) is 37.4 Å². The van der Waals surface area contributed by atoms with Crippen LogP contribution in [0.5, 0.6) is 0 Å². The number of para-hydroxylation sites is 1. The van der Waals surface area contributed by atoms with Crippen molar-refractivity contribution in [3.8, 4) is 0 Å². The molecule has 4 rings (SSSR count). The summed E-state index contributed by atoms with van der Waals surface area (Å²) in [4.78, 5) is 13.9. The Labute approximate surface area is 148 Å². The zero-order valence-electron chi connectivity index (χ0n) is 13.9. The Balaban J connectivity index is 1.42. The summed E-state index contributed by atoms with van der Waals surface area (Å²) in [5.41, 5.74) is -0.105. The molecular weight excluding hydrogens is 347 g/mol. The van der Waals surface area contributed by atoms with E-state index in [0.717, 1.165) is 24.6 Å². The van der Waals surface area contributed by atoms with Gasteiger partial charge in [-0.3, -0.25) is 0 Å². The lowest BCUT2D eigenvalue weighted by Gasteiger charge is -2.19. The number of alkyl halides is 3. The minimum absolute atomic E-state index is 0.00129. The summed E-state index contributed by atoms with van der Waals surface area (Å²) >= 11 is 0. The lowest BCUT2D eigenvalue weighted by molar-refractivity contribution is -0.136. The third kappa shape index (κ3) is 3.38. The highest BCUT2D eigenvalue weighted by Crippen LogP contribution is 2.39. The van der Waals surface area contributed by atoms with E-state index in [4.69, 9.17) is 0 Å². The van der Waals surface area contributed by atoms with Crippen LogP contribution in [0.25, 0.3) is 0 Å². The monoisotopic (exact) mass is 365 g/mol. The maximum absolute atomic E-state index is 13.0. The zero-order valence-corrected chi connectivity index (χ0v) is 13.9. The molecule has 1 atom stereocenters. The predicted molar refractivity (Wildman–Crippen MR) is 87.7 cm³/mol. The van der Waals surface area contributed by atoms with Gasteiger partial charge in [-0.25, -0.2) is 9.48 Å². The maximum Gasteiger partial charge on any atom is 0.418 e. The molecule has 138 valence electrons. The second-order valence-corrected chi connectivity index (χ2v) is 6.76. The van der Waals surface area contributed by atoms with Crippen LogP contribution in [-0.2, 0) is 6.18 Å². The number of hydrogen-bond acceptors (Lipinski definition) is 3. The fraction of sp³-hybridized carbons (Fsp3) is 0.471. The van der Waals surface area contributed by atoms with Gasteiger partial charge in [-0.2, -0.15) is 13.2 Å². The van der Waals surface area contributed by atoms with E-state index in [9.17, 15) is 18.0 Å². The first kappa shape index (κ1) is 16.9. The molecule has 2 heterocycles. The van der Waals surface area contributed by atoms with Gasteiger partial charge in [0.25, 0.3) is 0 Å². The van der Waals surface area contributed by atoms with Gasteiger partial charge in [-0.1, -0.05) is 17.3 Å². The van der Waals surface area contributed by atoms with Gasteiger partial charge in [0.1, 0.15) is 0 Å². The number of anilines is 1. The first-order valence-corrected chi connectivity index (χ1v) is 8.55. The van der Waals surface area contributed by atoms with Gasteiger partial charge in [0.05, 0.1) is 23.0 Å². The second-order valence-electron chi connectivity index (χ2n) is 6.76. The molecule has 0 radical (unpaired) electrons. The van der Waals surface area contributed by atoms with Crippen molar-refractivity contribution in [1.82, 2.24) is 19.9 Å². The number of likely N-dealkylation sites (tertiary alicyclic amines) is 1. The van der Waals surface area contributed by atoms with Gasteiger partial charge < -0.3 is 10.2 Å². The van der Waals surface area contributed by atoms with Crippen molar-refractivity contribution in [3.05, 3.63) is 41.7 Å². The van der Waals surface area contributed by atoms with E-state index in [2.05, 4.69) is 15.6 Å². The van der Waals surface area contributed by atoms with Gasteiger partial charge in [-0.15, -0.1) is 5.10 Å². The third-order valence-electron chi connectivity index (χ3n) is 4.82. The second kappa shape index (κ2) is 6.30. The molecule has 1 saturated heterocycles. The lowest BCUT2D eigenvalue weighted by Crippen LogP contribution is -2.34. The average molecular weight is 365 g/mol. The largest absolute Gasteiger partial charge is 0.418 e. The van der Waals surface area contributed by atoms with Crippen molar-refractivity contribution in [2.24, 2.45) is 0 Å². The molecule has 2 aromatic rings. The van der Waals surface area contributed by atoms with Crippen LogP contribution >= 0.6 is 0 Å². The zero-order chi connectivity index (χ0) is 18.3. The molecule has 1 unspecified atom stereocenters.